The summed E-state index contributed by atoms with van der Waals surface area (Å²) in [7, 11) is 1.48. The molecule has 0 amide bonds. The molecule has 6 nitrogen and oxygen atoms in total. The minimum Gasteiger partial charge on any atom is -0.496 e. The van der Waals surface area contributed by atoms with E-state index in [1.54, 1.807) is 48.5 Å². The molecule has 0 aliphatic heterocycles. The van der Waals surface area contributed by atoms with Gasteiger partial charge in [-0.3, -0.25) is 4.79 Å². The summed E-state index contributed by atoms with van der Waals surface area (Å²) in [5.41, 5.74) is 7.10. The maximum Gasteiger partial charge on any atom is 0.283 e. The monoisotopic (exact) mass is 362 g/mol. The Hall–Kier alpha value is -3.74. The number of rotatable bonds is 3. The first-order valence-corrected chi connectivity index (χ1v) is 8.18. The van der Waals surface area contributed by atoms with Gasteiger partial charge < -0.3 is 10.5 Å². The second-order valence-corrected chi connectivity index (χ2v) is 5.86. The number of carbonyl (C=O) groups is 1. The lowest BCUT2D eigenvalue weighted by molar-refractivity contribution is 0.0947. The largest absolute Gasteiger partial charge is 0.496 e. The number of para-hydroxylation sites is 1. The fraction of sp³-hybridized carbons (Fsp3) is 0.0500. The number of hydrogen-bond acceptors (Lipinski definition) is 5. The van der Waals surface area contributed by atoms with Gasteiger partial charge in [-0.2, -0.15) is 4.68 Å². The molecule has 0 saturated heterocycles. The fourth-order valence-corrected chi connectivity index (χ4v) is 2.91. The number of fused-ring (bicyclic) bond motifs is 1. The van der Waals surface area contributed by atoms with E-state index in [1.807, 2.05) is 6.07 Å². The van der Waals surface area contributed by atoms with Crippen molar-refractivity contribution >= 4 is 22.8 Å². The van der Waals surface area contributed by atoms with Crippen molar-refractivity contribution in [3.05, 3.63) is 72.0 Å². The lowest BCUT2D eigenvalue weighted by Crippen LogP contribution is -2.15. The van der Waals surface area contributed by atoms with Crippen LogP contribution in [0, 0.1) is 5.82 Å². The number of nitrogen functional groups attached to an aromatic ring is 1. The van der Waals surface area contributed by atoms with Crippen molar-refractivity contribution < 1.29 is 13.9 Å². The van der Waals surface area contributed by atoms with Crippen LogP contribution in [-0.4, -0.2) is 27.8 Å². The summed E-state index contributed by atoms with van der Waals surface area (Å²) in [5, 5.41) is 4.35. The van der Waals surface area contributed by atoms with Crippen LogP contribution in [0.25, 0.3) is 22.3 Å². The third-order valence-electron chi connectivity index (χ3n) is 4.22. The second-order valence-electron chi connectivity index (χ2n) is 5.86. The molecular weight excluding hydrogens is 347 g/mol. The molecule has 0 aliphatic rings. The molecule has 7 heteroatoms. The number of pyridine rings is 1. The molecule has 0 fully saturated rings. The van der Waals surface area contributed by atoms with E-state index in [0.717, 1.165) is 4.68 Å². The van der Waals surface area contributed by atoms with Gasteiger partial charge in [-0.1, -0.05) is 42.5 Å². The molecule has 2 heterocycles. The Morgan fingerprint density at radius 1 is 1.11 bits per heavy atom. The lowest BCUT2D eigenvalue weighted by atomic mass is 10.1. The van der Waals surface area contributed by atoms with E-state index in [-0.39, 0.29) is 22.5 Å². The van der Waals surface area contributed by atoms with E-state index in [0.29, 0.717) is 16.9 Å². The van der Waals surface area contributed by atoms with Crippen LogP contribution in [-0.2, 0) is 0 Å². The first kappa shape index (κ1) is 16.7. The van der Waals surface area contributed by atoms with Crippen LogP contribution >= 0.6 is 0 Å². The van der Waals surface area contributed by atoms with Crippen molar-refractivity contribution in [1.29, 1.82) is 0 Å². The van der Waals surface area contributed by atoms with Crippen LogP contribution < -0.4 is 10.5 Å². The minimum absolute atomic E-state index is 0.0271. The Bertz CT molecular complexity index is 1160. The number of nitrogens with zero attached hydrogens (tertiary/aromatic N) is 3. The van der Waals surface area contributed by atoms with E-state index >= 15 is 0 Å². The maximum atomic E-state index is 14.6. The molecule has 0 spiro atoms. The highest BCUT2D eigenvalue weighted by atomic mass is 19.1. The topological polar surface area (TPSA) is 83.0 Å². The Kier molecular flexibility index (Phi) is 4.04. The van der Waals surface area contributed by atoms with Gasteiger partial charge in [0.25, 0.3) is 5.91 Å². The van der Waals surface area contributed by atoms with Crippen LogP contribution in [0.5, 0.6) is 5.75 Å². The molecule has 0 unspecified atom stereocenters. The number of halogens is 1. The second kappa shape index (κ2) is 6.53. The Morgan fingerprint density at radius 2 is 1.81 bits per heavy atom. The number of anilines is 1. The first-order valence-electron chi connectivity index (χ1n) is 8.18. The van der Waals surface area contributed by atoms with E-state index in [1.165, 1.54) is 13.2 Å². The third-order valence-corrected chi connectivity index (χ3v) is 4.22. The highest BCUT2D eigenvalue weighted by molar-refractivity contribution is 6.04. The standard InChI is InChI=1S/C20H15FN4O2/c1-27-16-10-6-5-9-13(16)20(26)25-19-14(18(22)24-25)11-15(21)17(23-19)12-7-3-2-4-8-12/h2-11H,1H3,(H2,22,24). The van der Waals surface area contributed by atoms with Crippen LogP contribution in [0.2, 0.25) is 0 Å². The molecule has 0 saturated carbocycles. The molecule has 2 N–H and O–H groups in total. The molecule has 0 bridgehead atoms. The van der Waals surface area contributed by atoms with Gasteiger partial charge in [-0.05, 0) is 18.2 Å². The molecule has 0 radical (unpaired) electrons. The summed E-state index contributed by atoms with van der Waals surface area (Å²) in [4.78, 5) is 17.4. The Morgan fingerprint density at radius 3 is 2.56 bits per heavy atom. The summed E-state index contributed by atoms with van der Waals surface area (Å²) in [6.45, 7) is 0. The molecular formula is C20H15FN4O2. The van der Waals surface area contributed by atoms with Crippen molar-refractivity contribution in [3.63, 3.8) is 0 Å². The van der Waals surface area contributed by atoms with Gasteiger partial charge >= 0.3 is 0 Å². The number of aromatic nitrogens is 3. The molecule has 4 rings (SSSR count). The third kappa shape index (κ3) is 2.79. The predicted molar refractivity (Wildman–Crippen MR) is 100 cm³/mol. The maximum absolute atomic E-state index is 14.6. The average Bonchev–Trinajstić information content (AvgIpc) is 3.03. The summed E-state index contributed by atoms with van der Waals surface area (Å²) < 4.78 is 20.9. The Balaban J connectivity index is 1.93. The van der Waals surface area contributed by atoms with Gasteiger partial charge in [0.05, 0.1) is 18.1 Å². The first-order chi connectivity index (χ1) is 13.1. The van der Waals surface area contributed by atoms with Crippen molar-refractivity contribution in [2.24, 2.45) is 0 Å². The van der Waals surface area contributed by atoms with E-state index in [2.05, 4.69) is 10.1 Å². The van der Waals surface area contributed by atoms with Gasteiger partial charge in [0.15, 0.2) is 11.5 Å². The van der Waals surface area contributed by atoms with Crippen LogP contribution in [0.4, 0.5) is 10.2 Å². The van der Waals surface area contributed by atoms with Gasteiger partial charge in [0.1, 0.15) is 17.3 Å². The van der Waals surface area contributed by atoms with Crippen molar-refractivity contribution in [3.8, 4) is 17.0 Å². The van der Waals surface area contributed by atoms with Crippen LogP contribution in [0.15, 0.2) is 60.7 Å². The number of hydrogen-bond donors (Lipinski definition) is 1. The van der Waals surface area contributed by atoms with E-state index in [4.69, 9.17) is 10.5 Å². The molecule has 0 aliphatic carbocycles. The SMILES string of the molecule is COc1ccccc1C(=O)n1nc(N)c2cc(F)c(-c3ccccc3)nc21. The highest BCUT2D eigenvalue weighted by Gasteiger charge is 2.22. The van der Waals surface area contributed by atoms with Crippen LogP contribution in [0.3, 0.4) is 0 Å². The van der Waals surface area contributed by atoms with E-state index in [9.17, 15) is 9.18 Å². The zero-order valence-electron chi connectivity index (χ0n) is 14.4. The van der Waals surface area contributed by atoms with Crippen molar-refractivity contribution in [2.45, 2.75) is 0 Å². The number of benzene rings is 2. The molecule has 2 aromatic carbocycles. The summed E-state index contributed by atoms with van der Waals surface area (Å²) in [6, 6.07) is 16.9. The quantitative estimate of drug-likeness (QED) is 0.603. The highest BCUT2D eigenvalue weighted by Crippen LogP contribution is 2.28. The summed E-state index contributed by atoms with van der Waals surface area (Å²) >= 11 is 0. The summed E-state index contributed by atoms with van der Waals surface area (Å²) in [5.74, 6) is -0.577. The molecule has 4 aromatic rings. The average molecular weight is 362 g/mol. The van der Waals surface area contributed by atoms with Crippen molar-refractivity contribution in [1.82, 2.24) is 14.8 Å². The minimum atomic E-state index is -0.537. The molecule has 0 atom stereocenters. The van der Waals surface area contributed by atoms with Crippen molar-refractivity contribution in [2.75, 3.05) is 12.8 Å². The smallest absolute Gasteiger partial charge is 0.283 e. The fourth-order valence-electron chi connectivity index (χ4n) is 2.91. The number of methoxy groups -OCH3 is 1. The zero-order chi connectivity index (χ0) is 19.0. The van der Waals surface area contributed by atoms with Gasteiger partial charge in [0, 0.05) is 5.56 Å². The lowest BCUT2D eigenvalue weighted by Gasteiger charge is -2.08. The molecule has 134 valence electrons. The number of nitrogens with two attached hydrogens (primary N) is 1. The number of ether oxygens (including phenoxy) is 1. The van der Waals surface area contributed by atoms with E-state index < -0.39 is 11.7 Å². The summed E-state index contributed by atoms with van der Waals surface area (Å²) in [6.07, 6.45) is 0. The molecule has 27 heavy (non-hydrogen) atoms. The van der Waals surface area contributed by atoms with Gasteiger partial charge in [-0.25, -0.2) is 9.37 Å². The Labute approximate surface area is 154 Å². The van der Waals surface area contributed by atoms with Gasteiger partial charge in [0.2, 0.25) is 0 Å². The molecule has 2 aromatic heterocycles. The van der Waals surface area contributed by atoms with Gasteiger partial charge in [-0.15, -0.1) is 5.10 Å². The zero-order valence-corrected chi connectivity index (χ0v) is 14.4. The van der Waals surface area contributed by atoms with Crippen LogP contribution in [0.1, 0.15) is 10.4 Å². The predicted octanol–water partition coefficient (Wildman–Crippen LogP) is 3.52. The number of carbonyl (C=O) groups excluding carboxylic acids is 1. The normalized spacial score (nSPS) is 10.9.